The van der Waals surface area contributed by atoms with E-state index in [4.69, 9.17) is 17.3 Å². The molecule has 0 fully saturated rings. The fourth-order valence-electron chi connectivity index (χ4n) is 1.48. The minimum absolute atomic E-state index is 0.243. The Labute approximate surface area is 110 Å². The lowest BCUT2D eigenvalue weighted by Gasteiger charge is -2.06. The first-order valence-corrected chi connectivity index (χ1v) is 5.74. The summed E-state index contributed by atoms with van der Waals surface area (Å²) >= 11 is 5.74. The molecule has 0 unspecified atom stereocenters. The number of aryl methyl sites for hydroxylation is 1. The molecule has 2 aromatic rings. The zero-order valence-electron chi connectivity index (χ0n) is 9.77. The van der Waals surface area contributed by atoms with Crippen molar-refractivity contribution in [3.63, 3.8) is 0 Å². The summed E-state index contributed by atoms with van der Waals surface area (Å²) in [5.41, 5.74) is 7.75. The van der Waals surface area contributed by atoms with Gasteiger partial charge in [0, 0.05) is 11.3 Å². The second-order valence-corrected chi connectivity index (χ2v) is 4.26. The number of halogens is 1. The molecule has 18 heavy (non-hydrogen) atoms. The van der Waals surface area contributed by atoms with E-state index in [0.29, 0.717) is 22.2 Å². The molecule has 0 atom stereocenters. The van der Waals surface area contributed by atoms with Crippen molar-refractivity contribution in [2.24, 2.45) is 0 Å². The minimum atomic E-state index is -0.243. The molecule has 1 amide bonds. The SMILES string of the molecule is Cc1cc(C(=O)Nc2cccc(Cl)n2)ccc1N. The van der Waals surface area contributed by atoms with E-state index in [9.17, 15) is 4.79 Å². The molecule has 0 aliphatic rings. The maximum Gasteiger partial charge on any atom is 0.256 e. The Morgan fingerprint density at radius 2 is 2.11 bits per heavy atom. The van der Waals surface area contributed by atoms with Gasteiger partial charge in [0.1, 0.15) is 11.0 Å². The topological polar surface area (TPSA) is 68.0 Å². The van der Waals surface area contributed by atoms with E-state index in [1.165, 1.54) is 0 Å². The van der Waals surface area contributed by atoms with Crippen LogP contribution in [0.4, 0.5) is 11.5 Å². The molecule has 0 bridgehead atoms. The monoisotopic (exact) mass is 261 g/mol. The van der Waals surface area contributed by atoms with Crippen LogP contribution in [0.2, 0.25) is 5.15 Å². The number of carbonyl (C=O) groups is 1. The molecule has 4 nitrogen and oxygen atoms in total. The standard InChI is InChI=1S/C13H12ClN3O/c1-8-7-9(5-6-10(8)15)13(18)17-12-4-2-3-11(14)16-12/h2-7H,15H2,1H3,(H,16,17,18). The quantitative estimate of drug-likeness (QED) is 0.645. The average Bonchev–Trinajstić information content (AvgIpc) is 2.32. The van der Waals surface area contributed by atoms with Gasteiger partial charge in [-0.1, -0.05) is 17.7 Å². The lowest BCUT2D eigenvalue weighted by molar-refractivity contribution is 0.102. The maximum absolute atomic E-state index is 12.0. The van der Waals surface area contributed by atoms with Crippen LogP contribution in [0, 0.1) is 6.92 Å². The van der Waals surface area contributed by atoms with Crippen LogP contribution in [-0.2, 0) is 0 Å². The minimum Gasteiger partial charge on any atom is -0.399 e. The number of benzene rings is 1. The highest BCUT2D eigenvalue weighted by Gasteiger charge is 2.08. The van der Waals surface area contributed by atoms with Crippen molar-refractivity contribution in [2.45, 2.75) is 6.92 Å². The number of nitrogen functional groups attached to an aromatic ring is 1. The normalized spacial score (nSPS) is 10.1. The molecule has 92 valence electrons. The summed E-state index contributed by atoms with van der Waals surface area (Å²) in [4.78, 5) is 15.9. The Balaban J connectivity index is 2.19. The summed E-state index contributed by atoms with van der Waals surface area (Å²) in [6, 6.07) is 10.1. The molecule has 1 heterocycles. The number of carbonyl (C=O) groups excluding carboxylic acids is 1. The highest BCUT2D eigenvalue weighted by molar-refractivity contribution is 6.29. The lowest BCUT2D eigenvalue weighted by Crippen LogP contribution is -2.13. The Morgan fingerprint density at radius 3 is 2.78 bits per heavy atom. The van der Waals surface area contributed by atoms with E-state index < -0.39 is 0 Å². The van der Waals surface area contributed by atoms with Crippen LogP contribution in [0.3, 0.4) is 0 Å². The molecule has 5 heteroatoms. The molecular formula is C13H12ClN3O. The molecule has 1 aromatic heterocycles. The molecule has 3 N–H and O–H groups in total. The van der Waals surface area contributed by atoms with E-state index in [0.717, 1.165) is 5.56 Å². The Hall–Kier alpha value is -2.07. The molecule has 0 radical (unpaired) electrons. The van der Waals surface area contributed by atoms with Crippen molar-refractivity contribution in [1.29, 1.82) is 0 Å². The van der Waals surface area contributed by atoms with Crippen molar-refractivity contribution in [3.05, 3.63) is 52.7 Å². The summed E-state index contributed by atoms with van der Waals surface area (Å²) in [5.74, 6) is 0.176. The highest BCUT2D eigenvalue weighted by Crippen LogP contribution is 2.15. The third-order valence-corrected chi connectivity index (χ3v) is 2.70. The van der Waals surface area contributed by atoms with Gasteiger partial charge in [-0.05, 0) is 42.8 Å². The van der Waals surface area contributed by atoms with Crippen molar-refractivity contribution in [2.75, 3.05) is 11.1 Å². The first kappa shape index (κ1) is 12.4. The number of nitrogens with one attached hydrogen (secondary N) is 1. The van der Waals surface area contributed by atoms with E-state index in [1.807, 2.05) is 6.92 Å². The van der Waals surface area contributed by atoms with E-state index in [1.54, 1.807) is 36.4 Å². The van der Waals surface area contributed by atoms with E-state index in [-0.39, 0.29) is 5.91 Å². The molecule has 0 saturated heterocycles. The predicted octanol–water partition coefficient (Wildman–Crippen LogP) is 2.88. The highest BCUT2D eigenvalue weighted by atomic mass is 35.5. The predicted molar refractivity (Wildman–Crippen MR) is 72.8 cm³/mol. The molecule has 2 rings (SSSR count). The van der Waals surface area contributed by atoms with Gasteiger partial charge in [-0.3, -0.25) is 4.79 Å². The molecule has 0 aliphatic heterocycles. The second-order valence-electron chi connectivity index (χ2n) is 3.87. The first-order valence-electron chi connectivity index (χ1n) is 5.36. The third kappa shape index (κ3) is 2.78. The molecule has 1 aromatic carbocycles. The van der Waals surface area contributed by atoms with Gasteiger partial charge in [0.2, 0.25) is 0 Å². The maximum atomic E-state index is 12.0. The number of nitrogens with zero attached hydrogens (tertiary/aromatic N) is 1. The molecular weight excluding hydrogens is 250 g/mol. The summed E-state index contributed by atoms with van der Waals surface area (Å²) in [5, 5.41) is 3.00. The van der Waals surface area contributed by atoms with Gasteiger partial charge < -0.3 is 11.1 Å². The average molecular weight is 262 g/mol. The lowest BCUT2D eigenvalue weighted by atomic mass is 10.1. The molecule has 0 spiro atoms. The van der Waals surface area contributed by atoms with Crippen LogP contribution in [0.5, 0.6) is 0 Å². The summed E-state index contributed by atoms with van der Waals surface area (Å²) in [7, 11) is 0. The van der Waals surface area contributed by atoms with Crippen molar-refractivity contribution in [3.8, 4) is 0 Å². The van der Waals surface area contributed by atoms with Crippen LogP contribution in [0.1, 0.15) is 15.9 Å². The van der Waals surface area contributed by atoms with Crippen LogP contribution >= 0.6 is 11.6 Å². The van der Waals surface area contributed by atoms with Crippen LogP contribution < -0.4 is 11.1 Å². The zero-order valence-corrected chi connectivity index (χ0v) is 10.5. The van der Waals surface area contributed by atoms with Gasteiger partial charge in [0.25, 0.3) is 5.91 Å². The summed E-state index contributed by atoms with van der Waals surface area (Å²) in [6.07, 6.45) is 0. The number of hydrogen-bond acceptors (Lipinski definition) is 3. The molecule has 0 aliphatic carbocycles. The first-order chi connectivity index (χ1) is 8.56. The number of anilines is 2. The van der Waals surface area contributed by atoms with Crippen LogP contribution in [0.25, 0.3) is 0 Å². The van der Waals surface area contributed by atoms with Gasteiger partial charge in [0.05, 0.1) is 0 Å². The zero-order chi connectivity index (χ0) is 13.1. The summed E-state index contributed by atoms with van der Waals surface area (Å²) in [6.45, 7) is 1.85. The number of rotatable bonds is 2. The van der Waals surface area contributed by atoms with Gasteiger partial charge in [0.15, 0.2) is 0 Å². The van der Waals surface area contributed by atoms with Crippen LogP contribution in [0.15, 0.2) is 36.4 Å². The number of amides is 1. The smallest absolute Gasteiger partial charge is 0.256 e. The van der Waals surface area contributed by atoms with Gasteiger partial charge in [-0.25, -0.2) is 4.98 Å². The number of aromatic nitrogens is 1. The van der Waals surface area contributed by atoms with Crippen molar-refractivity contribution < 1.29 is 4.79 Å². The Bertz CT molecular complexity index is 599. The number of hydrogen-bond donors (Lipinski definition) is 2. The fraction of sp³-hybridized carbons (Fsp3) is 0.0769. The van der Waals surface area contributed by atoms with Crippen molar-refractivity contribution in [1.82, 2.24) is 4.98 Å². The van der Waals surface area contributed by atoms with Gasteiger partial charge >= 0.3 is 0 Å². The largest absolute Gasteiger partial charge is 0.399 e. The summed E-state index contributed by atoms with van der Waals surface area (Å²) < 4.78 is 0. The van der Waals surface area contributed by atoms with Gasteiger partial charge in [-0.2, -0.15) is 0 Å². The number of pyridine rings is 1. The molecule has 0 saturated carbocycles. The third-order valence-electron chi connectivity index (χ3n) is 2.49. The Morgan fingerprint density at radius 1 is 1.33 bits per heavy atom. The number of nitrogens with two attached hydrogens (primary N) is 1. The van der Waals surface area contributed by atoms with Crippen LogP contribution in [-0.4, -0.2) is 10.9 Å². The van der Waals surface area contributed by atoms with E-state index >= 15 is 0 Å². The second kappa shape index (κ2) is 5.06. The fourth-order valence-corrected chi connectivity index (χ4v) is 1.65. The Kier molecular flexibility index (Phi) is 3.48. The van der Waals surface area contributed by atoms with Gasteiger partial charge in [-0.15, -0.1) is 0 Å². The van der Waals surface area contributed by atoms with Crippen molar-refractivity contribution >= 4 is 29.0 Å². The van der Waals surface area contributed by atoms with E-state index in [2.05, 4.69) is 10.3 Å².